The van der Waals surface area contributed by atoms with Crippen molar-refractivity contribution < 1.29 is 13.9 Å². The predicted molar refractivity (Wildman–Crippen MR) is 145 cm³/mol. The fourth-order valence-corrected chi connectivity index (χ4v) is 5.11. The van der Waals surface area contributed by atoms with Gasteiger partial charge in [-0.3, -0.25) is 4.79 Å². The van der Waals surface area contributed by atoms with Crippen molar-refractivity contribution in [3.63, 3.8) is 0 Å². The number of likely N-dealkylation sites (tertiary alicyclic amines) is 1. The third-order valence-electron chi connectivity index (χ3n) is 6.92. The van der Waals surface area contributed by atoms with E-state index in [1.807, 2.05) is 53.4 Å². The number of carbonyl (C=O) groups excluding carboxylic acids is 1. The molecule has 2 unspecified atom stereocenters. The highest BCUT2D eigenvalue weighted by Crippen LogP contribution is 2.44. The van der Waals surface area contributed by atoms with Crippen LogP contribution < -0.4 is 4.74 Å². The summed E-state index contributed by atoms with van der Waals surface area (Å²) in [5.74, 6) is 0.206. The Morgan fingerprint density at radius 1 is 0.946 bits per heavy atom. The number of amides is 1. The number of rotatable bonds is 6. The normalized spacial score (nSPS) is 19.1. The summed E-state index contributed by atoms with van der Waals surface area (Å²) in [5, 5.41) is 1.21. The first-order valence-electron chi connectivity index (χ1n) is 12.0. The first kappa shape index (κ1) is 25.2. The number of carbonyl (C=O) groups is 1. The second-order valence-corrected chi connectivity index (χ2v) is 10.5. The zero-order chi connectivity index (χ0) is 26.0. The molecular formula is C30H25Cl2FN2O2. The Bertz CT molecular complexity index is 1380. The Morgan fingerprint density at radius 2 is 1.57 bits per heavy atom. The lowest BCUT2D eigenvalue weighted by atomic mass is 9.77. The van der Waals surface area contributed by atoms with Gasteiger partial charge in [-0.25, -0.2) is 9.37 Å². The van der Waals surface area contributed by atoms with Crippen molar-refractivity contribution in [2.45, 2.75) is 12.8 Å². The summed E-state index contributed by atoms with van der Waals surface area (Å²) in [6.45, 7) is 3.58. The molecule has 5 rings (SSSR count). The maximum Gasteiger partial charge on any atom is 0.253 e. The van der Waals surface area contributed by atoms with Crippen molar-refractivity contribution in [2.24, 2.45) is 5.41 Å². The van der Waals surface area contributed by atoms with Crippen LogP contribution in [0.2, 0.25) is 10.0 Å². The van der Waals surface area contributed by atoms with E-state index in [0.717, 1.165) is 16.7 Å². The molecule has 2 heterocycles. The molecule has 1 fully saturated rings. The molecule has 1 amide bonds. The van der Waals surface area contributed by atoms with Crippen LogP contribution in [-0.4, -0.2) is 35.5 Å². The molecule has 188 valence electrons. The minimum atomic E-state index is -0.362. The fourth-order valence-electron chi connectivity index (χ4n) is 4.87. The largest absolute Gasteiger partial charge is 0.477 e. The summed E-state index contributed by atoms with van der Waals surface area (Å²) in [6, 6.07) is 25.0. The molecule has 1 saturated heterocycles. The third-order valence-corrected chi connectivity index (χ3v) is 7.39. The number of pyridine rings is 1. The maximum atomic E-state index is 13.6. The van der Waals surface area contributed by atoms with Gasteiger partial charge in [-0.1, -0.05) is 66.5 Å². The van der Waals surface area contributed by atoms with Crippen LogP contribution in [0, 0.1) is 11.2 Å². The van der Waals surface area contributed by atoms with E-state index in [4.69, 9.17) is 27.9 Å². The quantitative estimate of drug-likeness (QED) is 0.257. The molecule has 0 aliphatic carbocycles. The molecule has 2 atom stereocenters. The van der Waals surface area contributed by atoms with Crippen molar-refractivity contribution in [3.05, 3.63) is 118 Å². The molecule has 1 aliphatic heterocycles. The van der Waals surface area contributed by atoms with Gasteiger partial charge < -0.3 is 9.64 Å². The molecule has 0 radical (unpaired) electrons. The number of ether oxygens (including phenoxy) is 1. The van der Waals surface area contributed by atoms with Crippen molar-refractivity contribution in [1.82, 2.24) is 9.88 Å². The van der Waals surface area contributed by atoms with Crippen LogP contribution in [0.4, 0.5) is 4.39 Å². The Hall–Kier alpha value is -3.41. The van der Waals surface area contributed by atoms with E-state index in [2.05, 4.69) is 11.9 Å². The van der Waals surface area contributed by atoms with Gasteiger partial charge in [0.2, 0.25) is 5.88 Å². The van der Waals surface area contributed by atoms with Crippen molar-refractivity contribution in [1.29, 1.82) is 0 Å². The Kier molecular flexibility index (Phi) is 7.18. The number of hydrogen-bond donors (Lipinski definition) is 0. The van der Waals surface area contributed by atoms with Gasteiger partial charge in [0.1, 0.15) is 5.82 Å². The molecule has 0 N–H and O–H groups in total. The molecule has 1 aromatic heterocycles. The average Bonchev–Trinajstić information content (AvgIpc) is 3.26. The van der Waals surface area contributed by atoms with Crippen LogP contribution in [0.5, 0.6) is 5.88 Å². The van der Waals surface area contributed by atoms with Gasteiger partial charge in [0.05, 0.1) is 11.6 Å². The Morgan fingerprint density at radius 3 is 2.19 bits per heavy atom. The van der Waals surface area contributed by atoms with Crippen LogP contribution >= 0.6 is 23.2 Å². The molecule has 4 nitrogen and oxygen atoms in total. The first-order valence-corrected chi connectivity index (χ1v) is 12.7. The van der Waals surface area contributed by atoms with Crippen LogP contribution in [0.25, 0.3) is 11.1 Å². The van der Waals surface area contributed by atoms with E-state index in [1.165, 1.54) is 12.1 Å². The fraction of sp³-hybridized carbons (Fsp3) is 0.200. The SMILES string of the molecule is CC1(COc2ccc(Cl)cn2)CN(C(=O)c2ccc(-c3ccc(F)cc3)cc2)CC1c1ccc(Cl)cc1. The van der Waals surface area contributed by atoms with E-state index >= 15 is 0 Å². The summed E-state index contributed by atoms with van der Waals surface area (Å²) < 4.78 is 19.3. The van der Waals surface area contributed by atoms with Crippen molar-refractivity contribution >= 4 is 29.1 Å². The number of nitrogens with zero attached hydrogens (tertiary/aromatic N) is 2. The van der Waals surface area contributed by atoms with Crippen molar-refractivity contribution in [3.8, 4) is 17.0 Å². The van der Waals surface area contributed by atoms with Gasteiger partial charge >= 0.3 is 0 Å². The molecule has 4 aromatic rings. The predicted octanol–water partition coefficient (Wildman–Crippen LogP) is 7.52. The molecule has 1 aliphatic rings. The lowest BCUT2D eigenvalue weighted by molar-refractivity contribution is 0.0758. The number of halogens is 3. The van der Waals surface area contributed by atoms with E-state index in [0.29, 0.717) is 41.2 Å². The first-order chi connectivity index (χ1) is 17.8. The highest BCUT2D eigenvalue weighted by atomic mass is 35.5. The zero-order valence-corrected chi connectivity index (χ0v) is 21.7. The standard InChI is InChI=1S/C30H25Cl2FN2O2/c1-30(19-37-28-15-12-25(32)16-34-28)18-35(17-27(30)22-6-10-24(31)11-7-22)29(36)23-4-2-20(3-5-23)21-8-13-26(33)14-9-21/h2-16,27H,17-19H2,1H3. The molecule has 3 aromatic carbocycles. The molecule has 0 spiro atoms. The molecule has 7 heteroatoms. The van der Waals surface area contributed by atoms with Crippen molar-refractivity contribution in [2.75, 3.05) is 19.7 Å². The molecule has 37 heavy (non-hydrogen) atoms. The van der Waals surface area contributed by atoms with E-state index in [9.17, 15) is 9.18 Å². The monoisotopic (exact) mass is 534 g/mol. The summed E-state index contributed by atoms with van der Waals surface area (Å²) >= 11 is 12.1. The second kappa shape index (κ2) is 10.5. The minimum Gasteiger partial charge on any atom is -0.477 e. The average molecular weight is 535 g/mol. The number of benzene rings is 3. The van der Waals surface area contributed by atoms with Gasteiger partial charge in [-0.15, -0.1) is 0 Å². The minimum absolute atomic E-state index is 0.0412. The lowest BCUT2D eigenvalue weighted by Gasteiger charge is -2.30. The summed E-state index contributed by atoms with van der Waals surface area (Å²) in [5.41, 5.74) is 3.15. The van der Waals surface area contributed by atoms with Gasteiger partial charge in [0, 0.05) is 47.3 Å². The second-order valence-electron chi connectivity index (χ2n) is 9.63. The van der Waals surface area contributed by atoms with Gasteiger partial charge in [-0.05, 0) is 59.2 Å². The summed E-state index contributed by atoms with van der Waals surface area (Å²) in [7, 11) is 0. The molecule has 0 bridgehead atoms. The van der Waals surface area contributed by atoms with Crippen LogP contribution in [0.1, 0.15) is 28.8 Å². The number of aromatic nitrogens is 1. The molecule has 0 saturated carbocycles. The lowest BCUT2D eigenvalue weighted by Crippen LogP contribution is -2.35. The molecular weight excluding hydrogens is 510 g/mol. The van der Waals surface area contributed by atoms with E-state index in [1.54, 1.807) is 30.5 Å². The third kappa shape index (κ3) is 5.63. The highest BCUT2D eigenvalue weighted by molar-refractivity contribution is 6.30. The van der Waals surface area contributed by atoms with Crippen LogP contribution in [-0.2, 0) is 0 Å². The Labute approximate surface area is 225 Å². The zero-order valence-electron chi connectivity index (χ0n) is 20.2. The topological polar surface area (TPSA) is 42.4 Å². The smallest absolute Gasteiger partial charge is 0.253 e. The van der Waals surface area contributed by atoms with E-state index < -0.39 is 0 Å². The number of hydrogen-bond acceptors (Lipinski definition) is 3. The van der Waals surface area contributed by atoms with Gasteiger partial charge in [-0.2, -0.15) is 0 Å². The van der Waals surface area contributed by atoms with Crippen LogP contribution in [0.15, 0.2) is 91.1 Å². The van der Waals surface area contributed by atoms with E-state index in [-0.39, 0.29) is 23.1 Å². The Balaban J connectivity index is 1.37. The van der Waals surface area contributed by atoms with Crippen LogP contribution in [0.3, 0.4) is 0 Å². The summed E-state index contributed by atoms with van der Waals surface area (Å²) in [4.78, 5) is 19.7. The van der Waals surface area contributed by atoms with Gasteiger partial charge in [0.25, 0.3) is 5.91 Å². The highest BCUT2D eigenvalue weighted by Gasteiger charge is 2.46. The summed E-state index contributed by atoms with van der Waals surface area (Å²) in [6.07, 6.45) is 1.55. The maximum absolute atomic E-state index is 13.6. The van der Waals surface area contributed by atoms with Gasteiger partial charge in [0.15, 0.2) is 0 Å².